The Morgan fingerprint density at radius 3 is 2.50 bits per heavy atom. The van der Waals surface area contributed by atoms with E-state index in [9.17, 15) is 19.2 Å². The van der Waals surface area contributed by atoms with Crippen LogP contribution in [-0.4, -0.2) is 35.5 Å². The lowest BCUT2D eigenvalue weighted by atomic mass is 10.1. The van der Waals surface area contributed by atoms with Gasteiger partial charge >= 0.3 is 12.0 Å². The summed E-state index contributed by atoms with van der Waals surface area (Å²) in [6.07, 6.45) is 3.03. The SMILES string of the molecule is COC(=O)Cn1cc(C=C2C(=O)NC(=O)NC2=O)c2ccccc21. The molecule has 0 aliphatic carbocycles. The molecule has 4 amide bonds. The summed E-state index contributed by atoms with van der Waals surface area (Å²) in [6.45, 7) is -0.00291. The second-order valence-corrected chi connectivity index (χ2v) is 5.10. The van der Waals surface area contributed by atoms with E-state index in [0.29, 0.717) is 5.56 Å². The van der Waals surface area contributed by atoms with Gasteiger partial charge in [-0.1, -0.05) is 18.2 Å². The van der Waals surface area contributed by atoms with Crippen molar-refractivity contribution in [1.82, 2.24) is 15.2 Å². The van der Waals surface area contributed by atoms with Crippen LogP contribution in [0.3, 0.4) is 0 Å². The number of rotatable bonds is 3. The summed E-state index contributed by atoms with van der Waals surface area (Å²) in [4.78, 5) is 46.3. The molecular weight excluding hydrogens is 314 g/mol. The molecule has 24 heavy (non-hydrogen) atoms. The number of imide groups is 2. The molecule has 2 N–H and O–H groups in total. The van der Waals surface area contributed by atoms with Gasteiger partial charge in [-0.05, 0) is 12.1 Å². The number of aromatic nitrogens is 1. The highest BCUT2D eigenvalue weighted by Gasteiger charge is 2.28. The van der Waals surface area contributed by atoms with E-state index in [4.69, 9.17) is 0 Å². The summed E-state index contributed by atoms with van der Waals surface area (Å²) in [6, 6.07) is 6.38. The Labute approximate surface area is 136 Å². The third-order valence-electron chi connectivity index (χ3n) is 3.59. The predicted octanol–water partition coefficient (Wildman–Crippen LogP) is 0.564. The summed E-state index contributed by atoms with van der Waals surface area (Å²) in [5.74, 6) is -1.96. The van der Waals surface area contributed by atoms with Gasteiger partial charge in [0.05, 0.1) is 7.11 Å². The molecular formula is C16H13N3O5. The lowest BCUT2D eigenvalue weighted by molar-refractivity contribution is -0.141. The van der Waals surface area contributed by atoms with Gasteiger partial charge in [-0.15, -0.1) is 0 Å². The lowest BCUT2D eigenvalue weighted by Crippen LogP contribution is -2.51. The van der Waals surface area contributed by atoms with Crippen molar-refractivity contribution in [2.45, 2.75) is 6.54 Å². The van der Waals surface area contributed by atoms with Crippen molar-refractivity contribution in [3.63, 3.8) is 0 Å². The van der Waals surface area contributed by atoms with E-state index in [1.165, 1.54) is 13.2 Å². The van der Waals surface area contributed by atoms with Crippen LogP contribution < -0.4 is 10.6 Å². The van der Waals surface area contributed by atoms with E-state index in [2.05, 4.69) is 4.74 Å². The fraction of sp³-hybridized carbons (Fsp3) is 0.125. The Balaban J connectivity index is 2.08. The maximum absolute atomic E-state index is 11.8. The van der Waals surface area contributed by atoms with Gasteiger partial charge in [-0.2, -0.15) is 0 Å². The van der Waals surface area contributed by atoms with E-state index in [1.54, 1.807) is 22.9 Å². The van der Waals surface area contributed by atoms with E-state index in [-0.39, 0.29) is 12.1 Å². The Morgan fingerprint density at radius 2 is 1.83 bits per heavy atom. The highest BCUT2D eigenvalue weighted by molar-refractivity contribution is 6.31. The van der Waals surface area contributed by atoms with Crippen molar-refractivity contribution in [2.24, 2.45) is 0 Å². The van der Waals surface area contributed by atoms with Gasteiger partial charge in [-0.3, -0.25) is 25.0 Å². The van der Waals surface area contributed by atoms with Crippen molar-refractivity contribution in [3.05, 3.63) is 41.6 Å². The molecule has 1 aliphatic rings. The Morgan fingerprint density at radius 1 is 1.17 bits per heavy atom. The number of nitrogens with one attached hydrogen (secondary N) is 2. The van der Waals surface area contributed by atoms with Crippen LogP contribution >= 0.6 is 0 Å². The van der Waals surface area contributed by atoms with Crippen molar-refractivity contribution < 1.29 is 23.9 Å². The standard InChI is InChI=1S/C16H13N3O5/c1-24-13(20)8-19-7-9(10-4-2-3-5-12(10)19)6-11-14(21)17-16(23)18-15(11)22/h2-7H,8H2,1H3,(H2,17,18,21,22,23). The van der Waals surface area contributed by atoms with Crippen LogP contribution in [0.1, 0.15) is 5.56 Å². The molecule has 0 spiro atoms. The molecule has 3 rings (SSSR count). The maximum atomic E-state index is 11.8. The number of hydrogen-bond donors (Lipinski definition) is 2. The van der Waals surface area contributed by atoms with Crippen molar-refractivity contribution in [3.8, 4) is 0 Å². The number of barbiturate groups is 1. The minimum absolute atomic E-state index is 0.00291. The topological polar surface area (TPSA) is 106 Å². The third-order valence-corrected chi connectivity index (χ3v) is 3.59. The van der Waals surface area contributed by atoms with Crippen LogP contribution in [-0.2, 0) is 25.7 Å². The maximum Gasteiger partial charge on any atom is 0.328 e. The van der Waals surface area contributed by atoms with Crippen LogP contribution in [0.4, 0.5) is 4.79 Å². The first-order valence-corrected chi connectivity index (χ1v) is 7.02. The zero-order valence-electron chi connectivity index (χ0n) is 12.7. The van der Waals surface area contributed by atoms with Crippen LogP contribution in [0.15, 0.2) is 36.0 Å². The second-order valence-electron chi connectivity index (χ2n) is 5.10. The van der Waals surface area contributed by atoms with Crippen molar-refractivity contribution in [1.29, 1.82) is 0 Å². The number of amides is 4. The van der Waals surface area contributed by atoms with E-state index >= 15 is 0 Å². The molecule has 0 saturated carbocycles. The molecule has 2 heterocycles. The fourth-order valence-electron chi connectivity index (χ4n) is 2.49. The van der Waals surface area contributed by atoms with Gasteiger partial charge in [0.1, 0.15) is 12.1 Å². The average Bonchev–Trinajstić information content (AvgIpc) is 2.88. The number of methoxy groups -OCH3 is 1. The molecule has 0 atom stereocenters. The first-order valence-electron chi connectivity index (χ1n) is 7.02. The number of esters is 1. The molecule has 1 aromatic heterocycles. The molecule has 1 aliphatic heterocycles. The molecule has 0 unspecified atom stereocenters. The smallest absolute Gasteiger partial charge is 0.328 e. The summed E-state index contributed by atoms with van der Waals surface area (Å²) in [5, 5.41) is 4.79. The Hall–Kier alpha value is -3.42. The number of benzene rings is 1. The van der Waals surface area contributed by atoms with Crippen molar-refractivity contribution >= 4 is 40.8 Å². The summed E-state index contributed by atoms with van der Waals surface area (Å²) in [7, 11) is 1.30. The van der Waals surface area contributed by atoms with Gasteiger partial charge in [0, 0.05) is 22.7 Å². The number of hydrogen-bond acceptors (Lipinski definition) is 5. The van der Waals surface area contributed by atoms with Crippen molar-refractivity contribution in [2.75, 3.05) is 7.11 Å². The van der Waals surface area contributed by atoms with E-state index in [0.717, 1.165) is 10.9 Å². The number of carbonyl (C=O) groups excluding carboxylic acids is 4. The van der Waals surface area contributed by atoms with E-state index in [1.807, 2.05) is 22.8 Å². The molecule has 1 aromatic carbocycles. The van der Waals surface area contributed by atoms with Crippen LogP contribution in [0.2, 0.25) is 0 Å². The summed E-state index contributed by atoms with van der Waals surface area (Å²) in [5.41, 5.74) is 1.14. The molecule has 1 fully saturated rings. The van der Waals surface area contributed by atoms with Crippen LogP contribution in [0.25, 0.3) is 17.0 Å². The van der Waals surface area contributed by atoms with Crippen LogP contribution in [0.5, 0.6) is 0 Å². The van der Waals surface area contributed by atoms with Gasteiger partial charge in [-0.25, -0.2) is 4.79 Å². The number of ether oxygens (including phenoxy) is 1. The highest BCUT2D eigenvalue weighted by Crippen LogP contribution is 2.24. The monoisotopic (exact) mass is 327 g/mol. The molecule has 2 aromatic rings. The predicted molar refractivity (Wildman–Crippen MR) is 83.6 cm³/mol. The molecule has 0 radical (unpaired) electrons. The third kappa shape index (κ3) is 2.76. The normalized spacial score (nSPS) is 14.4. The first kappa shape index (κ1) is 15.5. The number of fused-ring (bicyclic) bond motifs is 1. The largest absolute Gasteiger partial charge is 0.468 e. The number of nitrogens with zero attached hydrogens (tertiary/aromatic N) is 1. The van der Waals surface area contributed by atoms with Gasteiger partial charge in [0.15, 0.2) is 0 Å². The van der Waals surface area contributed by atoms with E-state index < -0.39 is 23.8 Å². The second kappa shape index (κ2) is 5.99. The zero-order chi connectivity index (χ0) is 17.3. The average molecular weight is 327 g/mol. The molecule has 8 nitrogen and oxygen atoms in total. The van der Waals surface area contributed by atoms with Gasteiger partial charge in [0.25, 0.3) is 11.8 Å². The number of urea groups is 1. The Bertz CT molecular complexity index is 888. The minimum atomic E-state index is -0.852. The molecule has 8 heteroatoms. The van der Waals surface area contributed by atoms with Gasteiger partial charge < -0.3 is 9.30 Å². The lowest BCUT2D eigenvalue weighted by Gasteiger charge is -2.13. The molecule has 1 saturated heterocycles. The minimum Gasteiger partial charge on any atom is -0.468 e. The number of para-hydroxylation sites is 1. The summed E-state index contributed by atoms with van der Waals surface area (Å²) < 4.78 is 6.33. The Kier molecular flexibility index (Phi) is 3.87. The molecule has 0 bridgehead atoms. The zero-order valence-corrected chi connectivity index (χ0v) is 12.7. The number of carbonyl (C=O) groups is 4. The first-order chi connectivity index (χ1) is 11.5. The fourth-order valence-corrected chi connectivity index (χ4v) is 2.49. The highest BCUT2D eigenvalue weighted by atomic mass is 16.5. The molecule has 122 valence electrons. The van der Waals surface area contributed by atoms with Crippen LogP contribution in [0, 0.1) is 0 Å². The van der Waals surface area contributed by atoms with Gasteiger partial charge in [0.2, 0.25) is 0 Å². The summed E-state index contributed by atoms with van der Waals surface area (Å²) >= 11 is 0. The quantitative estimate of drug-likeness (QED) is 0.487.